The first-order chi connectivity index (χ1) is 13.4. The molecule has 0 saturated carbocycles. The van der Waals surface area contributed by atoms with Crippen molar-refractivity contribution in [3.8, 4) is 5.75 Å². The van der Waals surface area contributed by atoms with E-state index in [9.17, 15) is 19.5 Å². The van der Waals surface area contributed by atoms with Gasteiger partial charge in [0.15, 0.2) is 0 Å². The van der Waals surface area contributed by atoms with E-state index in [0.717, 1.165) is 5.56 Å². The zero-order valence-electron chi connectivity index (χ0n) is 16.2. The molecule has 8 heteroatoms. The molecule has 1 unspecified atom stereocenters. The highest BCUT2D eigenvalue weighted by Gasteiger charge is 2.42. The molecule has 2 N–H and O–H groups in total. The molecule has 0 aromatic heterocycles. The minimum atomic E-state index is -1.00. The van der Waals surface area contributed by atoms with Crippen molar-refractivity contribution in [1.82, 2.24) is 5.32 Å². The van der Waals surface area contributed by atoms with Crippen molar-refractivity contribution >= 4 is 23.5 Å². The van der Waals surface area contributed by atoms with Crippen LogP contribution in [0, 0.1) is 18.3 Å². The summed E-state index contributed by atoms with van der Waals surface area (Å²) in [5, 5.41) is 12.4. The maximum absolute atomic E-state index is 12.7. The number of nitrogens with one attached hydrogen (secondary N) is 1. The van der Waals surface area contributed by atoms with Gasteiger partial charge in [0, 0.05) is 32.7 Å². The van der Waals surface area contributed by atoms with Crippen LogP contribution in [0.25, 0.3) is 0 Å². The molecule has 8 nitrogen and oxygen atoms in total. The van der Waals surface area contributed by atoms with Crippen LogP contribution in [-0.4, -0.2) is 56.3 Å². The molecule has 2 saturated heterocycles. The summed E-state index contributed by atoms with van der Waals surface area (Å²) in [5.74, 6) is -1.32. The summed E-state index contributed by atoms with van der Waals surface area (Å²) in [6, 6.07) is 5.55. The average molecular weight is 390 g/mol. The Morgan fingerprint density at radius 1 is 1.36 bits per heavy atom. The number of aliphatic carboxylic acids is 1. The van der Waals surface area contributed by atoms with Crippen LogP contribution in [0.2, 0.25) is 0 Å². The van der Waals surface area contributed by atoms with E-state index in [4.69, 9.17) is 9.47 Å². The van der Waals surface area contributed by atoms with Crippen LogP contribution in [-0.2, 0) is 19.1 Å². The number of aryl methyl sites for hydroxylation is 1. The fourth-order valence-electron chi connectivity index (χ4n) is 3.76. The quantitative estimate of drug-likeness (QED) is 0.760. The van der Waals surface area contributed by atoms with Gasteiger partial charge in [-0.3, -0.25) is 14.4 Å². The Morgan fingerprint density at radius 2 is 2.07 bits per heavy atom. The average Bonchev–Trinajstić information content (AvgIpc) is 3.08. The first kappa shape index (κ1) is 20.1. The SMILES string of the molecule is COc1ccc(C)cc1N1CC(C(=O)NCC2(C(=O)O)CCOCC2)CC1=O. The fourth-order valence-corrected chi connectivity index (χ4v) is 3.76. The predicted molar refractivity (Wildman–Crippen MR) is 101 cm³/mol. The number of benzene rings is 1. The van der Waals surface area contributed by atoms with Crippen LogP contribution >= 0.6 is 0 Å². The number of rotatable bonds is 6. The molecule has 1 aromatic rings. The van der Waals surface area contributed by atoms with Crippen molar-refractivity contribution in [3.63, 3.8) is 0 Å². The standard InChI is InChI=1S/C20H26N2O6/c1-13-3-4-16(27-2)15(9-13)22-11-14(10-17(22)23)18(24)21-12-20(19(25)26)5-7-28-8-6-20/h3-4,9,14H,5-8,10-12H2,1-2H3,(H,21,24)(H,25,26). The molecule has 0 spiro atoms. The van der Waals surface area contributed by atoms with Gasteiger partial charge in [-0.2, -0.15) is 0 Å². The third kappa shape index (κ3) is 3.96. The predicted octanol–water partition coefficient (Wildman–Crippen LogP) is 1.35. The number of methoxy groups -OCH3 is 1. The van der Waals surface area contributed by atoms with Gasteiger partial charge in [0.25, 0.3) is 0 Å². The first-order valence-electron chi connectivity index (χ1n) is 9.40. The monoisotopic (exact) mass is 390 g/mol. The Kier molecular flexibility index (Phi) is 5.88. The molecule has 28 heavy (non-hydrogen) atoms. The molecule has 1 atom stereocenters. The van der Waals surface area contributed by atoms with E-state index < -0.39 is 17.3 Å². The van der Waals surface area contributed by atoms with E-state index in [2.05, 4.69) is 5.32 Å². The summed E-state index contributed by atoms with van der Waals surface area (Å²) in [5.41, 5.74) is 0.629. The molecule has 2 amide bonds. The molecular formula is C20H26N2O6. The lowest BCUT2D eigenvalue weighted by molar-refractivity contribution is -0.154. The maximum atomic E-state index is 12.7. The van der Waals surface area contributed by atoms with Gasteiger partial charge >= 0.3 is 5.97 Å². The second kappa shape index (κ2) is 8.18. The van der Waals surface area contributed by atoms with Gasteiger partial charge in [-0.05, 0) is 37.5 Å². The third-order valence-electron chi connectivity index (χ3n) is 5.63. The van der Waals surface area contributed by atoms with E-state index >= 15 is 0 Å². The number of carboxylic acids is 1. The first-order valence-corrected chi connectivity index (χ1v) is 9.40. The zero-order chi connectivity index (χ0) is 20.3. The molecular weight excluding hydrogens is 364 g/mol. The van der Waals surface area contributed by atoms with Crippen LogP contribution in [0.3, 0.4) is 0 Å². The lowest BCUT2D eigenvalue weighted by Gasteiger charge is -2.33. The molecule has 2 fully saturated rings. The van der Waals surface area contributed by atoms with Gasteiger partial charge in [-0.15, -0.1) is 0 Å². The van der Waals surface area contributed by atoms with E-state index in [1.165, 1.54) is 7.11 Å². The highest BCUT2D eigenvalue weighted by molar-refractivity contribution is 6.01. The highest BCUT2D eigenvalue weighted by atomic mass is 16.5. The molecule has 0 aliphatic carbocycles. The molecule has 1 aromatic carbocycles. The molecule has 3 rings (SSSR count). The molecule has 152 valence electrons. The Morgan fingerprint density at radius 3 is 2.71 bits per heavy atom. The molecule has 2 heterocycles. The number of nitrogens with zero attached hydrogens (tertiary/aromatic N) is 1. The van der Waals surface area contributed by atoms with Crippen LogP contribution in [0.15, 0.2) is 18.2 Å². The third-order valence-corrected chi connectivity index (χ3v) is 5.63. The number of carboxylic acid groups (broad SMARTS) is 1. The minimum absolute atomic E-state index is 0.0446. The van der Waals surface area contributed by atoms with E-state index in [0.29, 0.717) is 37.5 Å². The van der Waals surface area contributed by atoms with Crippen LogP contribution < -0.4 is 15.0 Å². The number of carbonyl (C=O) groups excluding carboxylic acids is 2. The van der Waals surface area contributed by atoms with E-state index in [-0.39, 0.29) is 31.3 Å². The Balaban J connectivity index is 1.67. The van der Waals surface area contributed by atoms with Crippen molar-refractivity contribution in [1.29, 1.82) is 0 Å². The summed E-state index contributed by atoms with van der Waals surface area (Å²) >= 11 is 0. The summed E-state index contributed by atoms with van der Waals surface area (Å²) in [4.78, 5) is 38.5. The number of amides is 2. The van der Waals surface area contributed by atoms with Crippen molar-refractivity contribution in [2.75, 3.05) is 38.3 Å². The van der Waals surface area contributed by atoms with Crippen molar-refractivity contribution < 1.29 is 29.0 Å². The van der Waals surface area contributed by atoms with Crippen molar-refractivity contribution in [3.05, 3.63) is 23.8 Å². The van der Waals surface area contributed by atoms with Crippen molar-refractivity contribution in [2.24, 2.45) is 11.3 Å². The maximum Gasteiger partial charge on any atom is 0.311 e. The normalized spacial score (nSPS) is 21.4. The van der Waals surface area contributed by atoms with Crippen LogP contribution in [0.4, 0.5) is 5.69 Å². The second-order valence-electron chi connectivity index (χ2n) is 7.50. The number of hydrogen-bond acceptors (Lipinski definition) is 5. The Hall–Kier alpha value is -2.61. The molecule has 0 bridgehead atoms. The fraction of sp³-hybridized carbons (Fsp3) is 0.550. The van der Waals surface area contributed by atoms with E-state index in [1.807, 2.05) is 19.1 Å². The topological polar surface area (TPSA) is 105 Å². The molecule has 0 radical (unpaired) electrons. The summed E-state index contributed by atoms with van der Waals surface area (Å²) in [7, 11) is 1.54. The van der Waals surface area contributed by atoms with Gasteiger partial charge in [0.1, 0.15) is 5.75 Å². The summed E-state index contributed by atoms with van der Waals surface area (Å²) in [6.07, 6.45) is 0.809. The largest absolute Gasteiger partial charge is 0.495 e. The number of hydrogen-bond donors (Lipinski definition) is 2. The highest BCUT2D eigenvalue weighted by Crippen LogP contribution is 2.34. The van der Waals surface area contributed by atoms with Gasteiger partial charge in [-0.1, -0.05) is 6.07 Å². The second-order valence-corrected chi connectivity index (χ2v) is 7.50. The molecule has 2 aliphatic heterocycles. The Bertz CT molecular complexity index is 772. The lowest BCUT2D eigenvalue weighted by Crippen LogP contribution is -2.48. The smallest absolute Gasteiger partial charge is 0.311 e. The number of anilines is 1. The molecule has 2 aliphatic rings. The summed E-state index contributed by atoms with van der Waals surface area (Å²) < 4.78 is 10.6. The lowest BCUT2D eigenvalue weighted by atomic mass is 9.80. The van der Waals surface area contributed by atoms with Crippen LogP contribution in [0.5, 0.6) is 5.75 Å². The van der Waals surface area contributed by atoms with Gasteiger partial charge in [0.05, 0.1) is 24.1 Å². The van der Waals surface area contributed by atoms with Gasteiger partial charge < -0.3 is 24.8 Å². The van der Waals surface area contributed by atoms with Gasteiger partial charge in [-0.25, -0.2) is 0 Å². The van der Waals surface area contributed by atoms with E-state index in [1.54, 1.807) is 11.0 Å². The zero-order valence-corrected chi connectivity index (χ0v) is 16.2. The Labute approximate surface area is 163 Å². The van der Waals surface area contributed by atoms with Crippen molar-refractivity contribution in [2.45, 2.75) is 26.2 Å². The number of carbonyl (C=O) groups is 3. The minimum Gasteiger partial charge on any atom is -0.495 e. The van der Waals surface area contributed by atoms with Crippen LogP contribution in [0.1, 0.15) is 24.8 Å². The summed E-state index contributed by atoms with van der Waals surface area (Å²) in [6.45, 7) is 2.94. The number of ether oxygens (including phenoxy) is 2. The van der Waals surface area contributed by atoms with Gasteiger partial charge in [0.2, 0.25) is 11.8 Å².